The number of ether oxygens (including phenoxy) is 1. The van der Waals surface area contributed by atoms with Crippen LogP contribution in [0, 0.1) is 5.41 Å². The summed E-state index contributed by atoms with van der Waals surface area (Å²) in [6.07, 6.45) is 0.975. The Morgan fingerprint density at radius 3 is 2.64 bits per heavy atom. The first kappa shape index (κ1) is 20.1. The molecule has 3 rings (SSSR count). The number of methoxy groups -OCH3 is 1. The Balaban J connectivity index is 1.91. The van der Waals surface area contributed by atoms with Crippen LogP contribution in [0.2, 0.25) is 5.02 Å². The van der Waals surface area contributed by atoms with Crippen LogP contribution in [-0.2, 0) is 13.0 Å². The number of fused-ring (bicyclic) bond motifs is 1. The smallest absolute Gasteiger partial charge is 0.261 e. The van der Waals surface area contributed by atoms with E-state index in [2.05, 4.69) is 4.98 Å². The zero-order valence-electron chi connectivity index (χ0n) is 16.4. The summed E-state index contributed by atoms with van der Waals surface area (Å²) >= 11 is 6.05. The summed E-state index contributed by atoms with van der Waals surface area (Å²) in [6.45, 7) is 4.18. The molecule has 0 saturated carbocycles. The van der Waals surface area contributed by atoms with Crippen molar-refractivity contribution in [3.8, 4) is 5.75 Å². The molecule has 1 aliphatic rings. The first-order valence-corrected chi connectivity index (χ1v) is 9.36. The van der Waals surface area contributed by atoms with Crippen LogP contribution in [0.5, 0.6) is 5.75 Å². The molecule has 0 radical (unpaired) electrons. The summed E-state index contributed by atoms with van der Waals surface area (Å²) in [4.78, 5) is 42.1. The maximum Gasteiger partial charge on any atom is 0.261 e. The van der Waals surface area contributed by atoms with Crippen LogP contribution in [0.4, 0.5) is 0 Å². The molecule has 28 heavy (non-hydrogen) atoms. The van der Waals surface area contributed by atoms with Crippen molar-refractivity contribution in [2.45, 2.75) is 33.2 Å². The molecular weight excluding hydrogens is 380 g/mol. The lowest BCUT2D eigenvalue weighted by Gasteiger charge is -2.30. The lowest BCUT2D eigenvalue weighted by Crippen LogP contribution is -2.35. The number of nitrogens with one attached hydrogen (secondary N) is 1. The number of nitrogens with zero attached hydrogens (tertiary/aromatic N) is 1. The van der Waals surface area contributed by atoms with Crippen molar-refractivity contribution >= 4 is 23.3 Å². The number of hydrogen-bond acceptors (Lipinski definition) is 4. The highest BCUT2D eigenvalue weighted by molar-refractivity contribution is 6.30. The molecule has 1 amide bonds. The van der Waals surface area contributed by atoms with E-state index in [1.54, 1.807) is 25.2 Å². The Morgan fingerprint density at radius 2 is 1.96 bits per heavy atom. The van der Waals surface area contributed by atoms with Gasteiger partial charge in [-0.25, -0.2) is 0 Å². The monoisotopic (exact) mass is 402 g/mol. The fraction of sp³-hybridized carbons (Fsp3) is 0.381. The molecule has 0 unspecified atom stereocenters. The van der Waals surface area contributed by atoms with Crippen molar-refractivity contribution in [3.05, 3.63) is 62.0 Å². The Bertz CT molecular complexity index is 1010. The van der Waals surface area contributed by atoms with Gasteiger partial charge < -0.3 is 14.6 Å². The van der Waals surface area contributed by atoms with Crippen molar-refractivity contribution in [3.63, 3.8) is 0 Å². The van der Waals surface area contributed by atoms with Gasteiger partial charge in [-0.1, -0.05) is 25.4 Å². The quantitative estimate of drug-likeness (QED) is 0.849. The Labute approximate surface area is 168 Å². The summed E-state index contributed by atoms with van der Waals surface area (Å²) < 4.78 is 5.31. The SMILES string of the molecule is COc1ccc(Cl)cc1CN(C)C(=O)c1cc2c([nH]c1=O)CC(C)(C)CC2=O. The second-order valence-corrected chi connectivity index (χ2v) is 8.40. The number of aromatic amines is 1. The first-order chi connectivity index (χ1) is 13.1. The molecule has 1 N–H and O–H groups in total. The zero-order valence-corrected chi connectivity index (χ0v) is 17.1. The Morgan fingerprint density at radius 1 is 1.25 bits per heavy atom. The number of halogens is 1. The number of rotatable bonds is 4. The third kappa shape index (κ3) is 3.97. The number of amides is 1. The maximum absolute atomic E-state index is 12.9. The van der Waals surface area contributed by atoms with Crippen molar-refractivity contribution in [1.82, 2.24) is 9.88 Å². The third-order valence-electron chi connectivity index (χ3n) is 4.94. The van der Waals surface area contributed by atoms with E-state index in [9.17, 15) is 14.4 Å². The number of benzene rings is 1. The van der Waals surface area contributed by atoms with Crippen LogP contribution in [0.15, 0.2) is 29.1 Å². The van der Waals surface area contributed by atoms with Crippen LogP contribution in [-0.4, -0.2) is 35.7 Å². The molecule has 7 heteroatoms. The molecule has 148 valence electrons. The molecule has 0 atom stereocenters. The molecule has 0 saturated heterocycles. The van der Waals surface area contributed by atoms with Gasteiger partial charge in [0.1, 0.15) is 11.3 Å². The van der Waals surface area contributed by atoms with Crippen LogP contribution >= 0.6 is 11.6 Å². The summed E-state index contributed by atoms with van der Waals surface area (Å²) in [7, 11) is 3.13. The van der Waals surface area contributed by atoms with Crippen LogP contribution < -0.4 is 10.3 Å². The zero-order chi connectivity index (χ0) is 20.6. The summed E-state index contributed by atoms with van der Waals surface area (Å²) in [6, 6.07) is 6.57. The fourth-order valence-corrected chi connectivity index (χ4v) is 3.79. The number of ketones is 1. The molecular formula is C21H23ClN2O4. The van der Waals surface area contributed by atoms with E-state index in [-0.39, 0.29) is 23.3 Å². The number of Topliss-reactive ketones (excluding diaryl/α,β-unsaturated/α-hetero) is 1. The predicted octanol–water partition coefficient (Wildman–Crippen LogP) is 3.46. The average Bonchev–Trinajstić information content (AvgIpc) is 2.59. The molecule has 1 aromatic heterocycles. The number of hydrogen-bond donors (Lipinski definition) is 1. The van der Waals surface area contributed by atoms with Crippen LogP contribution in [0.25, 0.3) is 0 Å². The average molecular weight is 403 g/mol. The van der Waals surface area contributed by atoms with Gasteiger partial charge in [-0.05, 0) is 36.1 Å². The van der Waals surface area contributed by atoms with Gasteiger partial charge >= 0.3 is 0 Å². The molecule has 0 aliphatic heterocycles. The van der Waals surface area contributed by atoms with Crippen molar-refractivity contribution < 1.29 is 14.3 Å². The summed E-state index contributed by atoms with van der Waals surface area (Å²) in [5.41, 5.74) is 1.00. The van der Waals surface area contributed by atoms with Crippen molar-refractivity contribution in [2.75, 3.05) is 14.2 Å². The van der Waals surface area contributed by atoms with E-state index in [1.807, 2.05) is 13.8 Å². The van der Waals surface area contributed by atoms with E-state index in [0.717, 1.165) is 5.56 Å². The highest BCUT2D eigenvalue weighted by atomic mass is 35.5. The van der Waals surface area contributed by atoms with Gasteiger partial charge in [0.05, 0.1) is 7.11 Å². The van der Waals surface area contributed by atoms with Crippen LogP contribution in [0.3, 0.4) is 0 Å². The molecule has 1 aliphatic carbocycles. The summed E-state index contributed by atoms with van der Waals surface area (Å²) in [5, 5.41) is 0.525. The minimum Gasteiger partial charge on any atom is -0.496 e. The predicted molar refractivity (Wildman–Crippen MR) is 107 cm³/mol. The fourth-order valence-electron chi connectivity index (χ4n) is 3.59. The lowest BCUT2D eigenvalue weighted by atomic mass is 9.75. The second-order valence-electron chi connectivity index (χ2n) is 7.96. The topological polar surface area (TPSA) is 79.5 Å². The first-order valence-electron chi connectivity index (χ1n) is 8.98. The second kappa shape index (κ2) is 7.43. The van der Waals surface area contributed by atoms with Crippen molar-refractivity contribution in [2.24, 2.45) is 5.41 Å². The Hall–Kier alpha value is -2.60. The van der Waals surface area contributed by atoms with Gasteiger partial charge in [-0.15, -0.1) is 0 Å². The number of carbonyl (C=O) groups is 2. The van der Waals surface area contributed by atoms with Gasteiger partial charge in [0.25, 0.3) is 11.5 Å². The van der Waals surface area contributed by atoms with Gasteiger partial charge in [0, 0.05) is 41.9 Å². The van der Waals surface area contributed by atoms with E-state index < -0.39 is 11.5 Å². The molecule has 2 aromatic rings. The molecule has 0 bridgehead atoms. The lowest BCUT2D eigenvalue weighted by molar-refractivity contribution is 0.0782. The Kier molecular flexibility index (Phi) is 5.35. The minimum absolute atomic E-state index is 0.0460. The highest BCUT2D eigenvalue weighted by Gasteiger charge is 2.33. The number of carbonyl (C=O) groups excluding carboxylic acids is 2. The molecule has 0 spiro atoms. The van der Waals surface area contributed by atoms with Gasteiger partial charge in [-0.3, -0.25) is 14.4 Å². The highest BCUT2D eigenvalue weighted by Crippen LogP contribution is 2.33. The summed E-state index contributed by atoms with van der Waals surface area (Å²) in [5.74, 6) is 0.0697. The van der Waals surface area contributed by atoms with Gasteiger partial charge in [0.15, 0.2) is 5.78 Å². The molecule has 1 heterocycles. The molecule has 6 nitrogen and oxygen atoms in total. The van der Waals surface area contributed by atoms with E-state index in [0.29, 0.717) is 34.9 Å². The van der Waals surface area contributed by atoms with E-state index >= 15 is 0 Å². The van der Waals surface area contributed by atoms with Gasteiger partial charge in [0.2, 0.25) is 0 Å². The van der Waals surface area contributed by atoms with E-state index in [4.69, 9.17) is 16.3 Å². The van der Waals surface area contributed by atoms with Crippen molar-refractivity contribution in [1.29, 1.82) is 0 Å². The maximum atomic E-state index is 12.9. The molecule has 0 fully saturated rings. The standard InChI is InChI=1S/C21H23ClN2O4/c1-21(2)9-16-14(17(25)10-21)8-15(19(26)23-16)20(27)24(3)11-12-7-13(22)5-6-18(12)28-4/h5-8H,9-11H2,1-4H3,(H,23,26). The number of aromatic nitrogens is 1. The van der Waals surface area contributed by atoms with E-state index in [1.165, 1.54) is 18.1 Å². The largest absolute Gasteiger partial charge is 0.496 e. The molecule has 1 aromatic carbocycles. The normalized spacial score (nSPS) is 15.1. The number of pyridine rings is 1. The van der Waals surface area contributed by atoms with Gasteiger partial charge in [-0.2, -0.15) is 0 Å². The third-order valence-corrected chi connectivity index (χ3v) is 5.18. The minimum atomic E-state index is -0.487. The number of H-pyrrole nitrogens is 1. The van der Waals surface area contributed by atoms with Crippen LogP contribution in [0.1, 0.15) is 52.2 Å².